The Bertz CT molecular complexity index is 671. The first-order valence-electron chi connectivity index (χ1n) is 8.63. The number of hydrogen-bond acceptors (Lipinski definition) is 4. The van der Waals surface area contributed by atoms with E-state index in [9.17, 15) is 19.1 Å². The average Bonchev–Trinajstić information content (AvgIpc) is 2.74. The summed E-state index contributed by atoms with van der Waals surface area (Å²) in [6, 6.07) is 5.87. The molecule has 2 aliphatic rings. The molecule has 25 heavy (non-hydrogen) atoms. The Kier molecular flexibility index (Phi) is 4.69. The standard InChI is InChI=1S/C18H23FN2O4/c1-17(24)18(10-5-2-6-11-18)25-16(23)21(17)12-9-15(22)20-14-8-4-3-7-13(14)19/h3-4,7-8,24H,2,5-6,9-12H2,1H3,(H,20,22)/t17-/m1/s1. The second-order valence-electron chi connectivity index (χ2n) is 6.87. The van der Waals surface area contributed by atoms with Crippen molar-refractivity contribution in [3.05, 3.63) is 30.1 Å². The maximum Gasteiger partial charge on any atom is 0.412 e. The quantitative estimate of drug-likeness (QED) is 0.875. The molecule has 7 heteroatoms. The van der Waals surface area contributed by atoms with Crippen molar-refractivity contribution < 1.29 is 23.8 Å². The lowest BCUT2D eigenvalue weighted by molar-refractivity contribution is -0.159. The maximum atomic E-state index is 13.6. The van der Waals surface area contributed by atoms with Crippen LogP contribution in [0.25, 0.3) is 0 Å². The van der Waals surface area contributed by atoms with Crippen LogP contribution in [-0.4, -0.2) is 39.9 Å². The number of carbonyl (C=O) groups excluding carboxylic acids is 2. The molecule has 1 aromatic carbocycles. The maximum absolute atomic E-state index is 13.6. The third-order valence-electron chi connectivity index (χ3n) is 5.26. The Balaban J connectivity index is 1.63. The van der Waals surface area contributed by atoms with E-state index in [0.29, 0.717) is 12.8 Å². The van der Waals surface area contributed by atoms with Crippen molar-refractivity contribution in [2.75, 3.05) is 11.9 Å². The zero-order valence-corrected chi connectivity index (χ0v) is 14.3. The van der Waals surface area contributed by atoms with Crippen LogP contribution in [0.15, 0.2) is 24.3 Å². The van der Waals surface area contributed by atoms with E-state index in [4.69, 9.17) is 4.74 Å². The molecule has 0 radical (unpaired) electrons. The summed E-state index contributed by atoms with van der Waals surface area (Å²) in [6.45, 7) is 1.58. The monoisotopic (exact) mass is 350 g/mol. The van der Waals surface area contributed by atoms with Crippen LogP contribution in [-0.2, 0) is 9.53 Å². The topological polar surface area (TPSA) is 78.9 Å². The summed E-state index contributed by atoms with van der Waals surface area (Å²) in [5.74, 6) is -0.956. The first kappa shape index (κ1) is 17.7. The number of benzene rings is 1. The second kappa shape index (κ2) is 6.63. The van der Waals surface area contributed by atoms with Gasteiger partial charge in [-0.3, -0.25) is 9.69 Å². The van der Waals surface area contributed by atoms with Crippen molar-refractivity contribution in [2.45, 2.75) is 56.8 Å². The van der Waals surface area contributed by atoms with Crippen molar-refractivity contribution in [1.29, 1.82) is 0 Å². The van der Waals surface area contributed by atoms with Crippen LogP contribution >= 0.6 is 0 Å². The number of aliphatic hydroxyl groups is 1. The van der Waals surface area contributed by atoms with Gasteiger partial charge in [0.1, 0.15) is 5.82 Å². The number of anilines is 1. The van der Waals surface area contributed by atoms with Crippen LogP contribution in [0.4, 0.5) is 14.9 Å². The number of hydrogen-bond donors (Lipinski definition) is 2. The van der Waals surface area contributed by atoms with Gasteiger partial charge in [0, 0.05) is 13.0 Å². The van der Waals surface area contributed by atoms with Crippen molar-refractivity contribution in [1.82, 2.24) is 4.90 Å². The number of para-hydroxylation sites is 1. The number of halogens is 1. The van der Waals surface area contributed by atoms with E-state index in [2.05, 4.69) is 5.32 Å². The summed E-state index contributed by atoms with van der Waals surface area (Å²) in [7, 11) is 0. The van der Waals surface area contributed by atoms with Gasteiger partial charge in [0.2, 0.25) is 5.91 Å². The Morgan fingerprint density at radius 2 is 2.00 bits per heavy atom. The molecular formula is C18H23FN2O4. The number of ether oxygens (including phenoxy) is 1. The van der Waals surface area contributed by atoms with Crippen LogP contribution in [0.2, 0.25) is 0 Å². The van der Waals surface area contributed by atoms with E-state index in [1.54, 1.807) is 13.0 Å². The molecule has 1 aliphatic heterocycles. The van der Waals surface area contributed by atoms with Crippen molar-refractivity contribution in [2.24, 2.45) is 0 Å². The lowest BCUT2D eigenvalue weighted by Gasteiger charge is -2.42. The minimum Gasteiger partial charge on any atom is -0.438 e. The number of nitrogens with zero attached hydrogens (tertiary/aromatic N) is 1. The molecule has 1 saturated heterocycles. The minimum absolute atomic E-state index is 0.00781. The Morgan fingerprint density at radius 1 is 1.32 bits per heavy atom. The molecule has 136 valence electrons. The molecule has 0 aromatic heterocycles. The van der Waals surface area contributed by atoms with Gasteiger partial charge < -0.3 is 15.2 Å². The molecule has 1 aromatic rings. The molecular weight excluding hydrogens is 327 g/mol. The highest BCUT2D eigenvalue weighted by Crippen LogP contribution is 2.46. The highest BCUT2D eigenvalue weighted by atomic mass is 19.1. The van der Waals surface area contributed by atoms with Crippen LogP contribution in [0.1, 0.15) is 45.4 Å². The summed E-state index contributed by atoms with van der Waals surface area (Å²) < 4.78 is 19.1. The van der Waals surface area contributed by atoms with Crippen molar-refractivity contribution >= 4 is 17.7 Å². The zero-order valence-electron chi connectivity index (χ0n) is 14.3. The molecule has 0 bridgehead atoms. The van der Waals surface area contributed by atoms with E-state index < -0.39 is 29.1 Å². The zero-order chi connectivity index (χ0) is 18.1. The highest BCUT2D eigenvalue weighted by Gasteiger charge is 2.61. The van der Waals surface area contributed by atoms with Gasteiger partial charge in [-0.1, -0.05) is 18.6 Å². The van der Waals surface area contributed by atoms with E-state index in [1.165, 1.54) is 23.1 Å². The van der Waals surface area contributed by atoms with Gasteiger partial charge in [-0.2, -0.15) is 0 Å². The lowest BCUT2D eigenvalue weighted by Crippen LogP contribution is -2.57. The summed E-state index contributed by atoms with van der Waals surface area (Å²) >= 11 is 0. The summed E-state index contributed by atoms with van der Waals surface area (Å²) in [5.41, 5.74) is -2.26. The van der Waals surface area contributed by atoms with E-state index >= 15 is 0 Å². The summed E-state index contributed by atoms with van der Waals surface area (Å²) in [4.78, 5) is 25.5. The van der Waals surface area contributed by atoms with Gasteiger partial charge in [-0.25, -0.2) is 9.18 Å². The Labute approximate surface area is 146 Å². The molecule has 1 atom stereocenters. The van der Waals surface area contributed by atoms with E-state index in [-0.39, 0.29) is 18.7 Å². The van der Waals surface area contributed by atoms with Crippen LogP contribution in [0.5, 0.6) is 0 Å². The Hall–Kier alpha value is -2.15. The smallest absolute Gasteiger partial charge is 0.412 e. The third kappa shape index (κ3) is 3.20. The number of carbonyl (C=O) groups is 2. The van der Waals surface area contributed by atoms with E-state index in [0.717, 1.165) is 19.3 Å². The fourth-order valence-corrected chi connectivity index (χ4v) is 3.74. The fraction of sp³-hybridized carbons (Fsp3) is 0.556. The molecule has 0 unspecified atom stereocenters. The average molecular weight is 350 g/mol. The molecule has 1 spiro atoms. The Morgan fingerprint density at radius 3 is 2.68 bits per heavy atom. The molecule has 1 saturated carbocycles. The van der Waals surface area contributed by atoms with Crippen LogP contribution in [0.3, 0.4) is 0 Å². The number of rotatable bonds is 4. The molecule has 2 fully saturated rings. The first-order chi connectivity index (χ1) is 11.9. The van der Waals surface area contributed by atoms with Crippen LogP contribution < -0.4 is 5.32 Å². The van der Waals surface area contributed by atoms with Gasteiger partial charge in [0.05, 0.1) is 5.69 Å². The lowest BCUT2D eigenvalue weighted by atomic mass is 9.77. The number of amides is 2. The fourth-order valence-electron chi connectivity index (χ4n) is 3.74. The largest absolute Gasteiger partial charge is 0.438 e. The predicted molar refractivity (Wildman–Crippen MR) is 89.3 cm³/mol. The number of nitrogens with one attached hydrogen (secondary N) is 1. The molecule has 1 heterocycles. The SMILES string of the molecule is C[C@]1(O)N(CCC(=O)Nc2ccccc2F)C(=O)OC12CCCCC2. The molecule has 3 rings (SSSR count). The van der Waals surface area contributed by atoms with Crippen molar-refractivity contribution in [3.8, 4) is 0 Å². The van der Waals surface area contributed by atoms with Crippen molar-refractivity contribution in [3.63, 3.8) is 0 Å². The predicted octanol–water partition coefficient (Wildman–Crippen LogP) is 3.02. The minimum atomic E-state index is -1.46. The van der Waals surface area contributed by atoms with E-state index in [1.807, 2.05) is 0 Å². The summed E-state index contributed by atoms with van der Waals surface area (Å²) in [5, 5.41) is 13.4. The van der Waals surface area contributed by atoms with Gasteiger partial charge >= 0.3 is 6.09 Å². The molecule has 1 aliphatic carbocycles. The highest BCUT2D eigenvalue weighted by molar-refractivity contribution is 5.91. The summed E-state index contributed by atoms with van der Waals surface area (Å²) in [6.07, 6.45) is 3.41. The van der Waals surface area contributed by atoms with Gasteiger partial charge in [0.25, 0.3) is 0 Å². The molecule has 2 N–H and O–H groups in total. The van der Waals surface area contributed by atoms with Gasteiger partial charge in [-0.15, -0.1) is 0 Å². The molecule has 2 amide bonds. The third-order valence-corrected chi connectivity index (χ3v) is 5.26. The van der Waals surface area contributed by atoms with Gasteiger partial charge in [-0.05, 0) is 44.7 Å². The second-order valence-corrected chi connectivity index (χ2v) is 6.87. The van der Waals surface area contributed by atoms with Crippen LogP contribution in [0, 0.1) is 5.82 Å². The van der Waals surface area contributed by atoms with Gasteiger partial charge in [0.15, 0.2) is 11.3 Å². The molecule has 6 nitrogen and oxygen atoms in total. The first-order valence-corrected chi connectivity index (χ1v) is 8.63. The normalized spacial score (nSPS) is 25.1.